The molecule has 0 aliphatic heterocycles. The van der Waals surface area contributed by atoms with Gasteiger partial charge in [-0.25, -0.2) is 4.39 Å². The third kappa shape index (κ3) is 6.02. The molecule has 0 saturated heterocycles. The monoisotopic (exact) mass is 239 g/mol. The first-order chi connectivity index (χ1) is 8.22. The number of carbonyl (C=O) groups excluding carboxylic acids is 1. The highest BCUT2D eigenvalue weighted by atomic mass is 19.1. The van der Waals surface area contributed by atoms with Gasteiger partial charge in [0.1, 0.15) is 5.82 Å². The molecule has 0 saturated carbocycles. The highest BCUT2D eigenvalue weighted by Crippen LogP contribution is 2.05. The lowest BCUT2D eigenvalue weighted by molar-refractivity contribution is -0.121. The summed E-state index contributed by atoms with van der Waals surface area (Å²) in [5.74, 6) is -0.233. The van der Waals surface area contributed by atoms with Crippen LogP contribution in [0, 0.1) is 5.82 Å². The van der Waals surface area contributed by atoms with E-state index >= 15 is 0 Å². The number of nitrogens with one attached hydrogen (secondary N) is 1. The molecule has 0 radical (unpaired) electrons. The Balaban J connectivity index is 2.17. The van der Waals surface area contributed by atoms with E-state index in [1.54, 1.807) is 19.2 Å². The molecule has 1 aromatic rings. The molecule has 0 bridgehead atoms. The van der Waals surface area contributed by atoms with E-state index < -0.39 is 0 Å². The van der Waals surface area contributed by atoms with Gasteiger partial charge in [-0.2, -0.15) is 0 Å². The Labute approximate surface area is 101 Å². The predicted octanol–water partition coefficient (Wildman–Crippen LogP) is 1.91. The molecular weight excluding hydrogens is 221 g/mol. The summed E-state index contributed by atoms with van der Waals surface area (Å²) in [6.45, 7) is 1.29. The third-order valence-corrected chi connectivity index (χ3v) is 2.40. The van der Waals surface area contributed by atoms with E-state index in [-0.39, 0.29) is 11.7 Å². The van der Waals surface area contributed by atoms with E-state index in [9.17, 15) is 9.18 Å². The van der Waals surface area contributed by atoms with E-state index in [4.69, 9.17) is 4.74 Å². The molecule has 1 amide bonds. The van der Waals surface area contributed by atoms with Crippen LogP contribution in [0.5, 0.6) is 0 Å². The van der Waals surface area contributed by atoms with Gasteiger partial charge in [-0.3, -0.25) is 4.79 Å². The van der Waals surface area contributed by atoms with Gasteiger partial charge in [0.15, 0.2) is 0 Å². The Morgan fingerprint density at radius 1 is 1.35 bits per heavy atom. The van der Waals surface area contributed by atoms with Crippen LogP contribution >= 0.6 is 0 Å². The minimum Gasteiger partial charge on any atom is -0.385 e. The van der Waals surface area contributed by atoms with Gasteiger partial charge in [0.25, 0.3) is 0 Å². The first-order valence-corrected chi connectivity index (χ1v) is 5.72. The molecular formula is C13H18FNO2. The summed E-state index contributed by atoms with van der Waals surface area (Å²) in [7, 11) is 1.64. The number of hydrogen-bond donors (Lipinski definition) is 1. The molecule has 1 N–H and O–H groups in total. The summed E-state index contributed by atoms with van der Waals surface area (Å²) in [5, 5.41) is 2.81. The fraction of sp³-hybridized carbons (Fsp3) is 0.462. The Morgan fingerprint density at radius 3 is 2.71 bits per heavy atom. The lowest BCUT2D eigenvalue weighted by atomic mass is 10.1. The number of halogens is 1. The molecule has 0 heterocycles. The van der Waals surface area contributed by atoms with Crippen LogP contribution in [0.2, 0.25) is 0 Å². The van der Waals surface area contributed by atoms with Crippen LogP contribution in [0.3, 0.4) is 0 Å². The zero-order chi connectivity index (χ0) is 12.5. The van der Waals surface area contributed by atoms with E-state index in [1.807, 2.05) is 0 Å². The molecule has 17 heavy (non-hydrogen) atoms. The van der Waals surface area contributed by atoms with Gasteiger partial charge in [0.05, 0.1) is 0 Å². The SMILES string of the molecule is COCCCNC(=O)CCc1ccc(F)cc1. The average molecular weight is 239 g/mol. The van der Waals surface area contributed by atoms with Crippen molar-refractivity contribution in [3.05, 3.63) is 35.6 Å². The Hall–Kier alpha value is -1.42. The third-order valence-electron chi connectivity index (χ3n) is 2.40. The average Bonchev–Trinajstić information content (AvgIpc) is 2.34. The quantitative estimate of drug-likeness (QED) is 0.738. The molecule has 1 rings (SSSR count). The number of hydrogen-bond acceptors (Lipinski definition) is 2. The zero-order valence-corrected chi connectivity index (χ0v) is 10.0. The maximum atomic E-state index is 12.6. The maximum absolute atomic E-state index is 12.6. The van der Waals surface area contributed by atoms with Gasteiger partial charge in [0, 0.05) is 26.7 Å². The molecule has 0 aromatic heterocycles. The summed E-state index contributed by atoms with van der Waals surface area (Å²) in [6.07, 6.45) is 1.88. The summed E-state index contributed by atoms with van der Waals surface area (Å²) in [5.41, 5.74) is 0.971. The van der Waals surface area contributed by atoms with E-state index in [1.165, 1.54) is 12.1 Å². The first kappa shape index (κ1) is 13.6. The lowest BCUT2D eigenvalue weighted by Gasteiger charge is -2.04. The second-order valence-electron chi connectivity index (χ2n) is 3.82. The first-order valence-electron chi connectivity index (χ1n) is 5.72. The summed E-state index contributed by atoms with van der Waals surface area (Å²) >= 11 is 0. The Bertz CT molecular complexity index is 338. The summed E-state index contributed by atoms with van der Waals surface area (Å²) in [4.78, 5) is 11.4. The molecule has 0 fully saturated rings. The van der Waals surface area contributed by atoms with E-state index in [2.05, 4.69) is 5.32 Å². The van der Waals surface area contributed by atoms with Crippen molar-refractivity contribution in [1.82, 2.24) is 5.32 Å². The number of ether oxygens (including phenoxy) is 1. The standard InChI is InChI=1S/C13H18FNO2/c1-17-10-2-9-15-13(16)8-5-11-3-6-12(14)7-4-11/h3-4,6-7H,2,5,8-10H2,1H3,(H,15,16). The van der Waals surface area contributed by atoms with Gasteiger partial charge in [-0.1, -0.05) is 12.1 Å². The lowest BCUT2D eigenvalue weighted by Crippen LogP contribution is -2.25. The number of benzene rings is 1. The second-order valence-corrected chi connectivity index (χ2v) is 3.82. The normalized spacial score (nSPS) is 10.2. The molecule has 94 valence electrons. The van der Waals surface area contributed by atoms with Crippen LogP contribution in [0.25, 0.3) is 0 Å². The minimum absolute atomic E-state index is 0.0189. The second kappa shape index (κ2) is 7.79. The van der Waals surface area contributed by atoms with Crippen LogP contribution in [0.1, 0.15) is 18.4 Å². The van der Waals surface area contributed by atoms with Crippen molar-refractivity contribution in [2.75, 3.05) is 20.3 Å². The molecule has 0 aliphatic rings. The molecule has 0 spiro atoms. The van der Waals surface area contributed by atoms with Crippen molar-refractivity contribution in [2.45, 2.75) is 19.3 Å². The summed E-state index contributed by atoms with van der Waals surface area (Å²) in [6, 6.07) is 6.22. The van der Waals surface area contributed by atoms with Crippen LogP contribution in [0.15, 0.2) is 24.3 Å². The topological polar surface area (TPSA) is 38.3 Å². The summed E-state index contributed by atoms with van der Waals surface area (Å²) < 4.78 is 17.5. The fourth-order valence-electron chi connectivity index (χ4n) is 1.44. The molecule has 0 aliphatic carbocycles. The van der Waals surface area contributed by atoms with E-state index in [0.29, 0.717) is 26.0 Å². The number of carbonyl (C=O) groups is 1. The number of methoxy groups -OCH3 is 1. The minimum atomic E-state index is -0.252. The number of rotatable bonds is 7. The van der Waals surface area contributed by atoms with Crippen LogP contribution in [-0.4, -0.2) is 26.2 Å². The van der Waals surface area contributed by atoms with Gasteiger partial charge in [-0.15, -0.1) is 0 Å². The largest absolute Gasteiger partial charge is 0.385 e. The van der Waals surface area contributed by atoms with Crippen LogP contribution in [-0.2, 0) is 16.0 Å². The van der Waals surface area contributed by atoms with Crippen molar-refractivity contribution in [2.24, 2.45) is 0 Å². The molecule has 0 atom stereocenters. The Morgan fingerprint density at radius 2 is 2.06 bits per heavy atom. The van der Waals surface area contributed by atoms with Crippen molar-refractivity contribution < 1.29 is 13.9 Å². The van der Waals surface area contributed by atoms with Gasteiger partial charge in [0.2, 0.25) is 5.91 Å². The number of aryl methyl sites for hydroxylation is 1. The zero-order valence-electron chi connectivity index (χ0n) is 10.0. The molecule has 4 heteroatoms. The highest BCUT2D eigenvalue weighted by molar-refractivity contribution is 5.76. The molecule has 1 aromatic carbocycles. The van der Waals surface area contributed by atoms with E-state index in [0.717, 1.165) is 12.0 Å². The van der Waals surface area contributed by atoms with Crippen molar-refractivity contribution in [1.29, 1.82) is 0 Å². The van der Waals surface area contributed by atoms with Crippen molar-refractivity contribution >= 4 is 5.91 Å². The number of amides is 1. The van der Waals surface area contributed by atoms with Gasteiger partial charge < -0.3 is 10.1 Å². The molecule has 3 nitrogen and oxygen atoms in total. The van der Waals surface area contributed by atoms with Gasteiger partial charge >= 0.3 is 0 Å². The Kier molecular flexibility index (Phi) is 6.25. The van der Waals surface area contributed by atoms with Crippen molar-refractivity contribution in [3.63, 3.8) is 0 Å². The fourth-order valence-corrected chi connectivity index (χ4v) is 1.44. The molecule has 0 unspecified atom stereocenters. The maximum Gasteiger partial charge on any atom is 0.220 e. The smallest absolute Gasteiger partial charge is 0.220 e. The van der Waals surface area contributed by atoms with Crippen LogP contribution < -0.4 is 5.32 Å². The predicted molar refractivity (Wildman–Crippen MR) is 64.2 cm³/mol. The highest BCUT2D eigenvalue weighted by Gasteiger charge is 2.01. The van der Waals surface area contributed by atoms with Crippen molar-refractivity contribution in [3.8, 4) is 0 Å². The van der Waals surface area contributed by atoms with Crippen LogP contribution in [0.4, 0.5) is 4.39 Å². The van der Waals surface area contributed by atoms with Gasteiger partial charge in [-0.05, 0) is 30.5 Å².